The first kappa shape index (κ1) is 24.3. The lowest BCUT2D eigenvalue weighted by Gasteiger charge is -2.13. The second kappa shape index (κ2) is 8.63. The molecule has 1 aromatic carbocycles. The van der Waals surface area contributed by atoms with Crippen LogP contribution < -0.4 is 11.3 Å². The Hall–Kier alpha value is -3.00. The Morgan fingerprint density at radius 2 is 1.81 bits per heavy atom. The van der Waals surface area contributed by atoms with Gasteiger partial charge in [-0.15, -0.1) is 11.3 Å². The monoisotopic (exact) mass is 471 g/mol. The van der Waals surface area contributed by atoms with E-state index in [1.807, 2.05) is 0 Å². The van der Waals surface area contributed by atoms with Crippen molar-refractivity contribution in [3.05, 3.63) is 57.2 Å². The molecule has 1 unspecified atom stereocenters. The maximum absolute atomic E-state index is 13.5. The fourth-order valence-corrected chi connectivity index (χ4v) is 3.30. The summed E-state index contributed by atoms with van der Waals surface area (Å²) in [5.41, 5.74) is 3.90. The van der Waals surface area contributed by atoms with Gasteiger partial charge in [0.25, 0.3) is 5.56 Å². The number of alkyl halides is 6. The number of thiazole rings is 1. The summed E-state index contributed by atoms with van der Waals surface area (Å²) in [5, 5.41) is 7.95. The van der Waals surface area contributed by atoms with Crippen molar-refractivity contribution in [3.8, 4) is 11.1 Å². The smallest absolute Gasteiger partial charge is 0.475 e. The van der Waals surface area contributed by atoms with Crippen LogP contribution in [0.2, 0.25) is 0 Å². The molecule has 1 atom stereocenters. The van der Waals surface area contributed by atoms with Gasteiger partial charge in [0.15, 0.2) is 4.96 Å². The van der Waals surface area contributed by atoms with Gasteiger partial charge >= 0.3 is 18.3 Å². The van der Waals surface area contributed by atoms with Gasteiger partial charge in [0.2, 0.25) is 0 Å². The summed E-state index contributed by atoms with van der Waals surface area (Å²) in [5.74, 6) is -3.37. The normalized spacial score (nSPS) is 12.9. The summed E-state index contributed by atoms with van der Waals surface area (Å²) in [6.45, 7) is 1.55. The Labute approximate surface area is 172 Å². The van der Waals surface area contributed by atoms with E-state index in [1.165, 1.54) is 18.2 Å². The third kappa shape index (κ3) is 5.38. The maximum atomic E-state index is 13.5. The van der Waals surface area contributed by atoms with Gasteiger partial charge in [-0.3, -0.25) is 4.79 Å². The Balaban J connectivity index is 0.000000423. The minimum Gasteiger partial charge on any atom is -0.475 e. The molecule has 14 heteroatoms. The molecule has 0 bridgehead atoms. The van der Waals surface area contributed by atoms with Gasteiger partial charge in [0.05, 0.1) is 11.3 Å². The molecular weight excluding hydrogens is 459 g/mol. The molecule has 2 heterocycles. The van der Waals surface area contributed by atoms with Crippen LogP contribution in [0, 0.1) is 5.82 Å². The Morgan fingerprint density at radius 3 is 2.26 bits per heavy atom. The van der Waals surface area contributed by atoms with Crippen molar-refractivity contribution >= 4 is 22.3 Å². The molecule has 6 nitrogen and oxygen atoms in total. The van der Waals surface area contributed by atoms with Gasteiger partial charge in [-0.25, -0.2) is 18.6 Å². The van der Waals surface area contributed by atoms with E-state index in [4.69, 9.17) is 15.6 Å². The fourth-order valence-electron chi connectivity index (χ4n) is 2.41. The van der Waals surface area contributed by atoms with Crippen molar-refractivity contribution in [1.29, 1.82) is 0 Å². The number of nitrogens with zero attached hydrogens (tertiary/aromatic N) is 2. The van der Waals surface area contributed by atoms with Crippen LogP contribution >= 0.6 is 11.3 Å². The van der Waals surface area contributed by atoms with Crippen molar-refractivity contribution in [3.63, 3.8) is 0 Å². The SMILES string of the molecule is CC(N)c1nc2scc(C(F)(F)F)n2c(=O)c1-c1cccc(F)c1.O=C(O)C(F)(F)F. The van der Waals surface area contributed by atoms with E-state index in [0.29, 0.717) is 15.7 Å². The van der Waals surface area contributed by atoms with E-state index in [9.17, 15) is 35.5 Å². The lowest BCUT2D eigenvalue weighted by molar-refractivity contribution is -0.192. The Bertz CT molecular complexity index is 1170. The van der Waals surface area contributed by atoms with Crippen LogP contribution in [0.3, 0.4) is 0 Å². The van der Waals surface area contributed by atoms with Gasteiger partial charge in [0, 0.05) is 11.4 Å². The van der Waals surface area contributed by atoms with E-state index < -0.39 is 41.4 Å². The largest absolute Gasteiger partial charge is 0.490 e. The number of carboxylic acid groups (broad SMARTS) is 1. The topological polar surface area (TPSA) is 97.7 Å². The maximum Gasteiger partial charge on any atom is 0.490 e. The zero-order chi connectivity index (χ0) is 23.7. The predicted molar refractivity (Wildman–Crippen MR) is 96.0 cm³/mol. The molecular formula is C17H12F7N3O3S. The highest BCUT2D eigenvalue weighted by molar-refractivity contribution is 7.15. The summed E-state index contributed by atoms with van der Waals surface area (Å²) in [6.07, 6.45) is -9.79. The summed E-state index contributed by atoms with van der Waals surface area (Å²) in [7, 11) is 0. The molecule has 0 radical (unpaired) electrons. The zero-order valence-electron chi connectivity index (χ0n) is 15.3. The van der Waals surface area contributed by atoms with Crippen molar-refractivity contribution < 1.29 is 40.6 Å². The lowest BCUT2D eigenvalue weighted by Crippen LogP contribution is -2.25. The molecule has 0 aliphatic carbocycles. The molecule has 168 valence electrons. The third-order valence-corrected chi connectivity index (χ3v) is 4.50. The number of benzene rings is 1. The van der Waals surface area contributed by atoms with Crippen LogP contribution in [0.15, 0.2) is 34.4 Å². The Morgan fingerprint density at radius 1 is 1.23 bits per heavy atom. The van der Waals surface area contributed by atoms with E-state index in [1.54, 1.807) is 6.92 Å². The number of nitrogens with two attached hydrogens (primary N) is 1. The number of carboxylic acids is 1. The van der Waals surface area contributed by atoms with Crippen molar-refractivity contribution in [1.82, 2.24) is 9.38 Å². The first-order valence-corrected chi connectivity index (χ1v) is 8.95. The van der Waals surface area contributed by atoms with Crippen molar-refractivity contribution in [2.24, 2.45) is 5.73 Å². The summed E-state index contributed by atoms with van der Waals surface area (Å²) < 4.78 is 85.1. The summed E-state index contributed by atoms with van der Waals surface area (Å²) >= 11 is 0.696. The molecule has 3 N–H and O–H groups in total. The van der Waals surface area contributed by atoms with E-state index in [2.05, 4.69) is 4.98 Å². The predicted octanol–water partition coefficient (Wildman–Crippen LogP) is 4.23. The summed E-state index contributed by atoms with van der Waals surface area (Å²) in [4.78, 5) is 25.6. The van der Waals surface area contributed by atoms with Gasteiger partial charge in [-0.05, 0) is 24.6 Å². The van der Waals surface area contributed by atoms with Crippen LogP contribution in [0.1, 0.15) is 24.4 Å². The average molecular weight is 471 g/mol. The second-order valence-corrected chi connectivity index (χ2v) is 6.85. The minimum absolute atomic E-state index is 0.111. The number of hydrogen-bond acceptors (Lipinski definition) is 5. The highest BCUT2D eigenvalue weighted by Gasteiger charge is 2.38. The molecule has 3 aromatic rings. The molecule has 0 aliphatic heterocycles. The number of hydrogen-bond donors (Lipinski definition) is 2. The molecule has 31 heavy (non-hydrogen) atoms. The number of aromatic nitrogens is 2. The molecule has 0 aliphatic rings. The van der Waals surface area contributed by atoms with E-state index in [0.717, 1.165) is 11.4 Å². The van der Waals surface area contributed by atoms with Crippen LogP contribution in [0.25, 0.3) is 16.1 Å². The second-order valence-electron chi connectivity index (χ2n) is 6.02. The highest BCUT2D eigenvalue weighted by atomic mass is 32.1. The first-order valence-electron chi connectivity index (χ1n) is 8.07. The lowest BCUT2D eigenvalue weighted by atomic mass is 10.0. The van der Waals surface area contributed by atoms with Crippen LogP contribution in [-0.2, 0) is 11.0 Å². The summed E-state index contributed by atoms with van der Waals surface area (Å²) in [6, 6.07) is 4.32. The van der Waals surface area contributed by atoms with Crippen LogP contribution in [0.4, 0.5) is 30.7 Å². The number of halogens is 7. The molecule has 0 spiro atoms. The number of carbonyl (C=O) groups is 1. The van der Waals surface area contributed by atoms with Crippen molar-refractivity contribution in [2.45, 2.75) is 25.3 Å². The molecule has 0 amide bonds. The molecule has 0 saturated heterocycles. The number of fused-ring (bicyclic) bond motifs is 1. The molecule has 0 fully saturated rings. The average Bonchev–Trinajstić information content (AvgIpc) is 3.06. The third-order valence-electron chi connectivity index (χ3n) is 3.67. The number of aliphatic carboxylic acids is 1. The van der Waals surface area contributed by atoms with Gasteiger partial charge in [-0.2, -0.15) is 26.3 Å². The molecule has 3 rings (SSSR count). The quantitative estimate of drug-likeness (QED) is 0.545. The Kier molecular flexibility index (Phi) is 6.75. The van der Waals surface area contributed by atoms with Crippen LogP contribution in [0.5, 0.6) is 0 Å². The van der Waals surface area contributed by atoms with Gasteiger partial charge in [-0.1, -0.05) is 12.1 Å². The van der Waals surface area contributed by atoms with Crippen LogP contribution in [-0.4, -0.2) is 26.6 Å². The standard InChI is InChI=1S/C15H11F4N3OS.C2HF3O2/c1-7(20)12-11(8-3-2-4-9(16)5-8)13(23)22-10(15(17,18)19)6-24-14(22)21-12;3-2(4,5)1(6)7/h2-7H,20H2,1H3;(H,6,7). The van der Waals surface area contributed by atoms with Gasteiger partial charge < -0.3 is 10.8 Å². The van der Waals surface area contributed by atoms with E-state index in [-0.39, 0.29) is 21.8 Å². The minimum atomic E-state index is -5.08. The number of rotatable bonds is 2. The molecule has 2 aromatic heterocycles. The highest BCUT2D eigenvalue weighted by Crippen LogP contribution is 2.33. The first-order chi connectivity index (χ1) is 14.1. The van der Waals surface area contributed by atoms with Crippen molar-refractivity contribution in [2.75, 3.05) is 0 Å². The zero-order valence-corrected chi connectivity index (χ0v) is 16.1. The van der Waals surface area contributed by atoms with E-state index >= 15 is 0 Å². The molecule has 0 saturated carbocycles. The fraction of sp³-hybridized carbons (Fsp3) is 0.235. The van der Waals surface area contributed by atoms with Gasteiger partial charge in [0.1, 0.15) is 11.5 Å².